The summed E-state index contributed by atoms with van der Waals surface area (Å²) in [4.78, 5) is 0.131. The Hall–Kier alpha value is -0.0200. The molecule has 19 heavy (non-hydrogen) atoms. The van der Waals surface area contributed by atoms with Crippen molar-refractivity contribution >= 4 is 37.7 Å². The first-order valence-corrected chi connectivity index (χ1v) is 9.42. The molecule has 110 valence electrons. The Labute approximate surface area is 127 Å². The van der Waals surface area contributed by atoms with Crippen LogP contribution in [0.2, 0.25) is 0 Å². The van der Waals surface area contributed by atoms with Gasteiger partial charge in [0, 0.05) is 19.2 Å². The predicted octanol–water partition coefficient (Wildman–Crippen LogP) is 2.26. The van der Waals surface area contributed by atoms with E-state index in [2.05, 4.69) is 15.9 Å². The SMILES string of the molecule is CSCCC(C)N(C)S(=O)(=O)c1cc(CN)oc1Br. The minimum atomic E-state index is -3.56. The summed E-state index contributed by atoms with van der Waals surface area (Å²) in [5.41, 5.74) is 5.45. The van der Waals surface area contributed by atoms with Crippen molar-refractivity contribution in [1.29, 1.82) is 0 Å². The summed E-state index contributed by atoms with van der Waals surface area (Å²) in [6.07, 6.45) is 2.80. The van der Waals surface area contributed by atoms with Gasteiger partial charge in [0.15, 0.2) is 4.67 Å². The average molecular weight is 371 g/mol. The van der Waals surface area contributed by atoms with E-state index in [9.17, 15) is 8.42 Å². The Kier molecular flexibility index (Phi) is 6.38. The van der Waals surface area contributed by atoms with Crippen molar-refractivity contribution in [3.8, 4) is 0 Å². The van der Waals surface area contributed by atoms with Crippen LogP contribution in [0.5, 0.6) is 0 Å². The molecule has 1 heterocycles. The van der Waals surface area contributed by atoms with E-state index in [0.717, 1.165) is 12.2 Å². The zero-order valence-corrected chi connectivity index (χ0v) is 14.4. The lowest BCUT2D eigenvalue weighted by Gasteiger charge is -2.23. The lowest BCUT2D eigenvalue weighted by Crippen LogP contribution is -2.35. The smallest absolute Gasteiger partial charge is 0.247 e. The monoisotopic (exact) mass is 370 g/mol. The average Bonchev–Trinajstić information content (AvgIpc) is 2.76. The number of nitrogens with zero attached hydrogens (tertiary/aromatic N) is 1. The Morgan fingerprint density at radius 1 is 1.58 bits per heavy atom. The summed E-state index contributed by atoms with van der Waals surface area (Å²) < 4.78 is 31.8. The number of furan rings is 1. The molecule has 1 unspecified atom stereocenters. The normalized spacial score (nSPS) is 14.0. The number of sulfonamides is 1. The van der Waals surface area contributed by atoms with Gasteiger partial charge in [0.05, 0.1) is 6.54 Å². The van der Waals surface area contributed by atoms with E-state index in [0.29, 0.717) is 5.76 Å². The molecule has 0 aliphatic heterocycles. The van der Waals surface area contributed by atoms with Gasteiger partial charge in [-0.2, -0.15) is 16.1 Å². The van der Waals surface area contributed by atoms with Crippen molar-refractivity contribution in [2.75, 3.05) is 19.1 Å². The molecule has 1 aromatic heterocycles. The van der Waals surface area contributed by atoms with Gasteiger partial charge in [-0.15, -0.1) is 0 Å². The van der Waals surface area contributed by atoms with Crippen LogP contribution in [0.25, 0.3) is 0 Å². The van der Waals surface area contributed by atoms with Gasteiger partial charge < -0.3 is 10.2 Å². The van der Waals surface area contributed by atoms with Crippen molar-refractivity contribution in [3.63, 3.8) is 0 Å². The van der Waals surface area contributed by atoms with Gasteiger partial charge in [-0.05, 0) is 41.3 Å². The number of hydrogen-bond donors (Lipinski definition) is 1. The number of thioether (sulfide) groups is 1. The van der Waals surface area contributed by atoms with Crippen LogP contribution < -0.4 is 5.73 Å². The van der Waals surface area contributed by atoms with E-state index in [-0.39, 0.29) is 22.2 Å². The minimum Gasteiger partial charge on any atom is -0.452 e. The van der Waals surface area contributed by atoms with Crippen molar-refractivity contribution in [2.45, 2.75) is 30.8 Å². The molecule has 1 rings (SSSR count). The van der Waals surface area contributed by atoms with Crippen molar-refractivity contribution in [1.82, 2.24) is 4.31 Å². The quantitative estimate of drug-likeness (QED) is 0.796. The molecule has 0 aliphatic rings. The van der Waals surface area contributed by atoms with E-state index in [1.54, 1.807) is 18.8 Å². The molecule has 1 aromatic rings. The molecule has 8 heteroatoms. The second-order valence-electron chi connectivity index (χ2n) is 4.21. The molecule has 2 N–H and O–H groups in total. The molecule has 0 spiro atoms. The van der Waals surface area contributed by atoms with E-state index in [1.807, 2.05) is 13.2 Å². The van der Waals surface area contributed by atoms with Crippen LogP contribution in [-0.4, -0.2) is 37.8 Å². The molecule has 0 aromatic carbocycles. The van der Waals surface area contributed by atoms with Gasteiger partial charge in [0.25, 0.3) is 0 Å². The third kappa shape index (κ3) is 3.98. The molecule has 1 atom stereocenters. The summed E-state index contributed by atoms with van der Waals surface area (Å²) in [6.45, 7) is 2.06. The molecular weight excluding hydrogens is 352 g/mol. The number of halogens is 1. The van der Waals surface area contributed by atoms with Crippen molar-refractivity contribution < 1.29 is 12.8 Å². The van der Waals surface area contributed by atoms with Crippen molar-refractivity contribution in [3.05, 3.63) is 16.5 Å². The molecule has 0 amide bonds. The van der Waals surface area contributed by atoms with Crippen LogP contribution in [-0.2, 0) is 16.6 Å². The second-order valence-corrected chi connectivity index (χ2v) is 7.88. The second kappa shape index (κ2) is 7.12. The predicted molar refractivity (Wildman–Crippen MR) is 81.7 cm³/mol. The highest BCUT2D eigenvalue weighted by Gasteiger charge is 2.29. The standard InChI is InChI=1S/C11H19BrN2O3S2/c1-8(4-5-18-3)14(2)19(15,16)10-6-9(7-13)17-11(10)12/h6,8H,4-5,7,13H2,1-3H3. The van der Waals surface area contributed by atoms with Crippen LogP contribution in [0, 0.1) is 0 Å². The van der Waals surface area contributed by atoms with Gasteiger partial charge >= 0.3 is 0 Å². The Balaban J connectivity index is 2.99. The summed E-state index contributed by atoms with van der Waals surface area (Å²) >= 11 is 4.83. The molecule has 0 saturated carbocycles. The Morgan fingerprint density at radius 3 is 2.68 bits per heavy atom. The summed E-state index contributed by atoms with van der Waals surface area (Å²) in [5, 5.41) is 0. The molecule has 0 fully saturated rings. The number of nitrogens with two attached hydrogens (primary N) is 1. The van der Waals surface area contributed by atoms with Crippen molar-refractivity contribution in [2.24, 2.45) is 5.73 Å². The van der Waals surface area contributed by atoms with Gasteiger partial charge in [0.2, 0.25) is 10.0 Å². The Morgan fingerprint density at radius 2 is 2.21 bits per heavy atom. The van der Waals surface area contributed by atoms with Gasteiger partial charge in [-0.3, -0.25) is 0 Å². The highest BCUT2D eigenvalue weighted by Crippen LogP contribution is 2.29. The molecule has 0 bridgehead atoms. The molecule has 5 nitrogen and oxygen atoms in total. The fourth-order valence-electron chi connectivity index (χ4n) is 1.54. The summed E-state index contributed by atoms with van der Waals surface area (Å²) in [7, 11) is -1.98. The number of rotatable bonds is 7. The largest absolute Gasteiger partial charge is 0.452 e. The molecule has 0 aliphatic carbocycles. The fourth-order valence-corrected chi connectivity index (χ4v) is 4.46. The first-order chi connectivity index (χ1) is 8.84. The lowest BCUT2D eigenvalue weighted by molar-refractivity contribution is 0.381. The third-order valence-electron chi connectivity index (χ3n) is 2.93. The van der Waals surface area contributed by atoms with Gasteiger partial charge in [-0.25, -0.2) is 8.42 Å². The topological polar surface area (TPSA) is 76.5 Å². The first kappa shape index (κ1) is 17.0. The molecule has 0 saturated heterocycles. The van der Waals surface area contributed by atoms with Crippen LogP contribution in [0.4, 0.5) is 0 Å². The third-order valence-corrected chi connectivity index (χ3v) is 6.40. The molecule has 0 radical (unpaired) electrons. The maximum Gasteiger partial charge on any atom is 0.247 e. The first-order valence-electron chi connectivity index (χ1n) is 5.79. The van der Waals surface area contributed by atoms with Crippen LogP contribution >= 0.6 is 27.7 Å². The maximum atomic E-state index is 12.5. The van der Waals surface area contributed by atoms with Crippen LogP contribution in [0.3, 0.4) is 0 Å². The zero-order chi connectivity index (χ0) is 14.6. The molecular formula is C11H19BrN2O3S2. The zero-order valence-electron chi connectivity index (χ0n) is 11.2. The summed E-state index contributed by atoms with van der Waals surface area (Å²) in [6, 6.07) is 1.40. The van der Waals surface area contributed by atoms with Crippen LogP contribution in [0.15, 0.2) is 20.0 Å². The fraction of sp³-hybridized carbons (Fsp3) is 0.636. The van der Waals surface area contributed by atoms with Crippen LogP contribution in [0.1, 0.15) is 19.1 Å². The lowest BCUT2D eigenvalue weighted by atomic mass is 10.3. The Bertz CT molecular complexity index is 516. The van der Waals surface area contributed by atoms with E-state index in [1.165, 1.54) is 10.4 Å². The van der Waals surface area contributed by atoms with E-state index >= 15 is 0 Å². The van der Waals surface area contributed by atoms with Gasteiger partial charge in [0.1, 0.15) is 10.7 Å². The maximum absolute atomic E-state index is 12.5. The van der Waals surface area contributed by atoms with E-state index in [4.69, 9.17) is 10.2 Å². The minimum absolute atomic E-state index is 0.0689. The highest BCUT2D eigenvalue weighted by molar-refractivity contribution is 9.10. The number of hydrogen-bond acceptors (Lipinski definition) is 5. The van der Waals surface area contributed by atoms with Gasteiger partial charge in [-0.1, -0.05) is 0 Å². The summed E-state index contributed by atoms with van der Waals surface area (Å²) in [5.74, 6) is 1.36. The van der Waals surface area contributed by atoms with E-state index < -0.39 is 10.0 Å². The highest BCUT2D eigenvalue weighted by atomic mass is 79.9.